The molecular formula is C11H17FN4O. The Balaban J connectivity index is 2.21. The summed E-state index contributed by atoms with van der Waals surface area (Å²) >= 11 is 0. The fourth-order valence-electron chi connectivity index (χ4n) is 1.91. The highest BCUT2D eigenvalue weighted by atomic mass is 19.1. The Bertz CT molecular complexity index is 422. The molecule has 0 aliphatic carbocycles. The molecule has 0 spiro atoms. The van der Waals surface area contributed by atoms with Crippen LogP contribution in [-0.2, 0) is 0 Å². The van der Waals surface area contributed by atoms with Gasteiger partial charge in [-0.15, -0.1) is 0 Å². The van der Waals surface area contributed by atoms with Gasteiger partial charge in [-0.1, -0.05) is 0 Å². The fourth-order valence-corrected chi connectivity index (χ4v) is 1.91. The van der Waals surface area contributed by atoms with Gasteiger partial charge in [0.1, 0.15) is 5.82 Å². The number of nitrogen functional groups attached to an aromatic ring is 1. The van der Waals surface area contributed by atoms with Gasteiger partial charge in [0.25, 0.3) is 0 Å². The van der Waals surface area contributed by atoms with Gasteiger partial charge < -0.3 is 15.7 Å². The molecule has 1 aromatic rings. The Kier molecular flexibility index (Phi) is 2.69. The predicted octanol–water partition coefficient (Wildman–Crippen LogP) is 0.748. The highest BCUT2D eigenvalue weighted by Gasteiger charge is 2.48. The zero-order valence-corrected chi connectivity index (χ0v) is 10.0. The Morgan fingerprint density at radius 2 is 2.24 bits per heavy atom. The molecule has 1 aliphatic heterocycles. The quantitative estimate of drug-likeness (QED) is 0.757. The Labute approximate surface area is 99.5 Å². The van der Waals surface area contributed by atoms with Gasteiger partial charge in [0.2, 0.25) is 5.95 Å². The molecular weight excluding hydrogens is 223 g/mol. The van der Waals surface area contributed by atoms with Crippen molar-refractivity contribution >= 4 is 11.8 Å². The molecule has 1 aromatic heterocycles. The largest absolute Gasteiger partial charge is 0.387 e. The molecule has 2 atom stereocenters. The maximum absolute atomic E-state index is 14.3. The lowest BCUT2D eigenvalue weighted by atomic mass is 9.81. The molecule has 2 rings (SSSR count). The third-order valence-corrected chi connectivity index (χ3v) is 3.43. The summed E-state index contributed by atoms with van der Waals surface area (Å²) in [5.74, 6) is 0.761. The summed E-state index contributed by atoms with van der Waals surface area (Å²) in [4.78, 5) is 9.82. The molecule has 1 aliphatic rings. The van der Waals surface area contributed by atoms with Crippen LogP contribution >= 0.6 is 0 Å². The molecule has 0 amide bonds. The Hall–Kier alpha value is -1.43. The summed E-state index contributed by atoms with van der Waals surface area (Å²) in [7, 11) is 0. The van der Waals surface area contributed by atoms with Crippen LogP contribution in [0.25, 0.3) is 0 Å². The van der Waals surface area contributed by atoms with E-state index in [2.05, 4.69) is 9.97 Å². The molecule has 1 saturated heterocycles. The highest BCUT2D eigenvalue weighted by molar-refractivity contribution is 5.39. The van der Waals surface area contributed by atoms with Gasteiger partial charge in [-0.3, -0.25) is 0 Å². The summed E-state index contributed by atoms with van der Waals surface area (Å²) in [5, 5.41) is 9.95. The molecule has 17 heavy (non-hydrogen) atoms. The van der Waals surface area contributed by atoms with Crippen LogP contribution in [0.4, 0.5) is 16.2 Å². The summed E-state index contributed by atoms with van der Waals surface area (Å²) in [6.07, 6.45) is 1.87. The van der Waals surface area contributed by atoms with E-state index in [-0.39, 0.29) is 6.54 Å². The van der Waals surface area contributed by atoms with Gasteiger partial charge in [-0.05, 0) is 26.3 Å². The summed E-state index contributed by atoms with van der Waals surface area (Å²) in [6.45, 7) is 3.48. The normalized spacial score (nSPS) is 33.8. The number of piperidine rings is 1. The van der Waals surface area contributed by atoms with Crippen molar-refractivity contribution in [2.45, 2.75) is 31.5 Å². The zero-order valence-electron chi connectivity index (χ0n) is 10.0. The number of alkyl halides is 1. The molecule has 0 unspecified atom stereocenters. The van der Waals surface area contributed by atoms with Gasteiger partial charge in [0, 0.05) is 12.7 Å². The average molecular weight is 240 g/mol. The van der Waals surface area contributed by atoms with E-state index >= 15 is 0 Å². The van der Waals surface area contributed by atoms with Gasteiger partial charge in [-0.25, -0.2) is 9.37 Å². The first kappa shape index (κ1) is 12.0. The lowest BCUT2D eigenvalue weighted by molar-refractivity contribution is -0.0924. The average Bonchev–Trinajstić information content (AvgIpc) is 2.22. The van der Waals surface area contributed by atoms with Crippen LogP contribution in [0.5, 0.6) is 0 Å². The number of aliphatic hydroxyl groups is 1. The predicted molar refractivity (Wildman–Crippen MR) is 63.4 cm³/mol. The monoisotopic (exact) mass is 240 g/mol. The Morgan fingerprint density at radius 3 is 2.82 bits per heavy atom. The van der Waals surface area contributed by atoms with Gasteiger partial charge in [-0.2, -0.15) is 4.98 Å². The van der Waals surface area contributed by atoms with E-state index in [4.69, 9.17) is 5.73 Å². The van der Waals surface area contributed by atoms with Crippen LogP contribution in [0, 0.1) is 0 Å². The van der Waals surface area contributed by atoms with Crippen molar-refractivity contribution in [1.29, 1.82) is 0 Å². The lowest BCUT2D eigenvalue weighted by Crippen LogP contribution is -2.59. The minimum atomic E-state index is -1.70. The first-order valence-electron chi connectivity index (χ1n) is 5.57. The van der Waals surface area contributed by atoms with E-state index in [0.29, 0.717) is 24.7 Å². The highest BCUT2D eigenvalue weighted by Crippen LogP contribution is 2.35. The molecule has 6 heteroatoms. The maximum Gasteiger partial charge on any atom is 0.227 e. The minimum Gasteiger partial charge on any atom is -0.387 e. The van der Waals surface area contributed by atoms with E-state index < -0.39 is 11.3 Å². The number of halogens is 1. The van der Waals surface area contributed by atoms with E-state index in [9.17, 15) is 9.50 Å². The third-order valence-electron chi connectivity index (χ3n) is 3.43. The fraction of sp³-hybridized carbons (Fsp3) is 0.636. The van der Waals surface area contributed by atoms with Crippen LogP contribution in [0.2, 0.25) is 0 Å². The molecule has 0 saturated carbocycles. The van der Waals surface area contributed by atoms with Crippen molar-refractivity contribution in [3.8, 4) is 0 Å². The van der Waals surface area contributed by atoms with E-state index in [0.717, 1.165) is 0 Å². The van der Waals surface area contributed by atoms with Crippen molar-refractivity contribution in [1.82, 2.24) is 9.97 Å². The molecule has 5 nitrogen and oxygen atoms in total. The summed E-state index contributed by atoms with van der Waals surface area (Å²) in [5.41, 5.74) is 2.55. The lowest BCUT2D eigenvalue weighted by Gasteiger charge is -2.45. The van der Waals surface area contributed by atoms with Crippen LogP contribution in [-0.4, -0.2) is 39.4 Å². The smallest absolute Gasteiger partial charge is 0.227 e. The van der Waals surface area contributed by atoms with Gasteiger partial charge in [0.15, 0.2) is 5.67 Å². The van der Waals surface area contributed by atoms with Crippen molar-refractivity contribution in [2.75, 3.05) is 23.7 Å². The van der Waals surface area contributed by atoms with Crippen LogP contribution in [0.1, 0.15) is 20.3 Å². The summed E-state index contributed by atoms with van der Waals surface area (Å²) < 4.78 is 14.3. The van der Waals surface area contributed by atoms with Gasteiger partial charge in [0.05, 0.1) is 12.1 Å². The van der Waals surface area contributed by atoms with E-state index in [1.807, 2.05) is 0 Å². The first-order chi connectivity index (χ1) is 7.82. The second-order valence-electron chi connectivity index (χ2n) is 4.92. The second kappa shape index (κ2) is 3.80. The summed E-state index contributed by atoms with van der Waals surface area (Å²) in [6, 6.07) is 1.58. The van der Waals surface area contributed by atoms with Crippen molar-refractivity contribution in [2.24, 2.45) is 0 Å². The van der Waals surface area contributed by atoms with Crippen molar-refractivity contribution in [3.63, 3.8) is 0 Å². The van der Waals surface area contributed by atoms with Crippen molar-refractivity contribution < 1.29 is 9.50 Å². The van der Waals surface area contributed by atoms with E-state index in [1.54, 1.807) is 17.2 Å². The van der Waals surface area contributed by atoms with Crippen LogP contribution in [0.3, 0.4) is 0 Å². The zero-order chi connectivity index (χ0) is 12.7. The molecule has 0 bridgehead atoms. The molecule has 2 heterocycles. The van der Waals surface area contributed by atoms with E-state index in [1.165, 1.54) is 13.8 Å². The number of rotatable bonds is 1. The number of nitrogens with two attached hydrogens (primary N) is 1. The standard InChI is InChI=1S/C11H17FN4O/c1-10(12)7-16(6-4-11(10,2)17)9-14-5-3-8(13)15-9/h3,5,17H,4,6-7H2,1-2H3,(H2,13,14,15)/t10-,11+/m1/s1. The van der Waals surface area contributed by atoms with Crippen LogP contribution in [0.15, 0.2) is 12.3 Å². The SMILES string of the molecule is C[C@]1(O)CCN(c2nccc(N)n2)C[C@@]1(C)F. The number of nitrogens with zero attached hydrogens (tertiary/aromatic N) is 3. The molecule has 0 radical (unpaired) electrons. The number of anilines is 2. The Morgan fingerprint density at radius 1 is 1.53 bits per heavy atom. The molecule has 1 fully saturated rings. The van der Waals surface area contributed by atoms with Crippen molar-refractivity contribution in [3.05, 3.63) is 12.3 Å². The van der Waals surface area contributed by atoms with Crippen LogP contribution < -0.4 is 10.6 Å². The molecule has 94 valence electrons. The molecule has 0 aromatic carbocycles. The second-order valence-corrected chi connectivity index (χ2v) is 4.92. The topological polar surface area (TPSA) is 75.3 Å². The first-order valence-corrected chi connectivity index (χ1v) is 5.57. The third kappa shape index (κ3) is 2.17. The van der Waals surface area contributed by atoms with Gasteiger partial charge >= 0.3 is 0 Å². The number of hydrogen-bond acceptors (Lipinski definition) is 5. The molecule has 3 N–H and O–H groups in total. The minimum absolute atomic E-state index is 0.0590. The number of hydrogen-bond donors (Lipinski definition) is 2. The number of aromatic nitrogens is 2. The maximum atomic E-state index is 14.3.